The summed E-state index contributed by atoms with van der Waals surface area (Å²) in [5.74, 6) is -0.0233. The van der Waals surface area contributed by atoms with E-state index in [-0.39, 0.29) is 5.91 Å². The van der Waals surface area contributed by atoms with E-state index >= 15 is 0 Å². The zero-order valence-corrected chi connectivity index (χ0v) is 15.0. The van der Waals surface area contributed by atoms with Gasteiger partial charge in [-0.05, 0) is 48.3 Å². The van der Waals surface area contributed by atoms with Crippen LogP contribution in [0.15, 0.2) is 48.5 Å². The number of rotatable bonds is 8. The maximum absolute atomic E-state index is 12.2. The fourth-order valence-electron chi connectivity index (χ4n) is 2.64. The van der Waals surface area contributed by atoms with Crippen LogP contribution in [-0.4, -0.2) is 23.9 Å². The van der Waals surface area contributed by atoms with Gasteiger partial charge in [0, 0.05) is 18.7 Å². The van der Waals surface area contributed by atoms with E-state index in [9.17, 15) is 4.79 Å². The zero-order valence-electron chi connectivity index (χ0n) is 15.0. The van der Waals surface area contributed by atoms with Crippen molar-refractivity contribution in [1.82, 2.24) is 10.2 Å². The fraction of sp³-hybridized carbons (Fsp3) is 0.381. The molecule has 0 fully saturated rings. The van der Waals surface area contributed by atoms with E-state index in [0.29, 0.717) is 12.1 Å². The fourth-order valence-corrected chi connectivity index (χ4v) is 2.64. The number of amides is 1. The molecule has 128 valence electrons. The Morgan fingerprint density at radius 3 is 1.92 bits per heavy atom. The Kier molecular flexibility index (Phi) is 7.01. The molecule has 1 amide bonds. The zero-order chi connectivity index (χ0) is 17.4. The summed E-state index contributed by atoms with van der Waals surface area (Å²) in [7, 11) is 0. The van der Waals surface area contributed by atoms with Crippen LogP contribution in [0, 0.1) is 0 Å². The second-order valence-corrected chi connectivity index (χ2v) is 6.01. The van der Waals surface area contributed by atoms with Crippen LogP contribution >= 0.6 is 0 Å². The van der Waals surface area contributed by atoms with Crippen LogP contribution in [0.2, 0.25) is 0 Å². The number of hydrogen-bond donors (Lipinski definition) is 1. The molecule has 2 aromatic rings. The number of nitrogens with one attached hydrogen (secondary N) is 1. The average Bonchev–Trinajstić information content (AvgIpc) is 2.65. The number of carbonyl (C=O) groups excluding carboxylic acids is 1. The first-order valence-corrected chi connectivity index (χ1v) is 8.83. The Hall–Kier alpha value is -2.13. The van der Waals surface area contributed by atoms with Crippen molar-refractivity contribution in [3.05, 3.63) is 70.8 Å². The minimum atomic E-state index is -0.0233. The third-order valence-electron chi connectivity index (χ3n) is 4.40. The maximum Gasteiger partial charge on any atom is 0.251 e. The van der Waals surface area contributed by atoms with Gasteiger partial charge in [0.2, 0.25) is 0 Å². The van der Waals surface area contributed by atoms with Crippen molar-refractivity contribution >= 4 is 5.91 Å². The summed E-state index contributed by atoms with van der Waals surface area (Å²) < 4.78 is 0. The lowest BCUT2D eigenvalue weighted by molar-refractivity contribution is 0.0951. The molecule has 0 aliphatic carbocycles. The number of hydrogen-bond acceptors (Lipinski definition) is 2. The van der Waals surface area contributed by atoms with Crippen molar-refractivity contribution < 1.29 is 4.79 Å². The lowest BCUT2D eigenvalue weighted by Gasteiger charge is -2.18. The Balaban J connectivity index is 1.88. The largest absolute Gasteiger partial charge is 0.348 e. The van der Waals surface area contributed by atoms with Gasteiger partial charge in [-0.2, -0.15) is 0 Å². The molecule has 0 spiro atoms. The first-order chi connectivity index (χ1) is 11.7. The highest BCUT2D eigenvalue weighted by molar-refractivity contribution is 5.94. The molecule has 0 saturated carbocycles. The van der Waals surface area contributed by atoms with Crippen LogP contribution in [0.5, 0.6) is 0 Å². The summed E-state index contributed by atoms with van der Waals surface area (Å²) in [6.45, 7) is 10.1. The minimum Gasteiger partial charge on any atom is -0.348 e. The Morgan fingerprint density at radius 1 is 0.833 bits per heavy atom. The maximum atomic E-state index is 12.2. The van der Waals surface area contributed by atoms with Crippen molar-refractivity contribution in [2.75, 3.05) is 13.1 Å². The predicted octanol–water partition coefficient (Wildman–Crippen LogP) is 4.02. The van der Waals surface area contributed by atoms with Crippen LogP contribution in [0.3, 0.4) is 0 Å². The van der Waals surface area contributed by atoms with E-state index in [1.165, 1.54) is 11.1 Å². The van der Waals surface area contributed by atoms with Crippen molar-refractivity contribution in [2.45, 2.75) is 40.3 Å². The molecule has 24 heavy (non-hydrogen) atoms. The lowest BCUT2D eigenvalue weighted by atomic mass is 10.1. The highest BCUT2D eigenvalue weighted by Crippen LogP contribution is 2.09. The van der Waals surface area contributed by atoms with Crippen molar-refractivity contribution in [3.63, 3.8) is 0 Å². The summed E-state index contributed by atoms with van der Waals surface area (Å²) in [6.07, 6.45) is 0.988. The SMILES string of the molecule is CCc1ccc(C(=O)NCc2ccc(CN(CC)CC)cc2)cc1. The number of nitrogens with zero attached hydrogens (tertiary/aromatic N) is 1. The van der Waals surface area contributed by atoms with Crippen LogP contribution in [0.4, 0.5) is 0 Å². The summed E-state index contributed by atoms with van der Waals surface area (Å²) in [5.41, 5.74) is 4.39. The Morgan fingerprint density at radius 2 is 1.38 bits per heavy atom. The Bertz CT molecular complexity index is 628. The monoisotopic (exact) mass is 324 g/mol. The summed E-state index contributed by atoms with van der Waals surface area (Å²) >= 11 is 0. The standard InChI is InChI=1S/C21H28N2O/c1-4-17-11-13-20(14-12-17)21(24)22-15-18-7-9-19(10-8-18)16-23(5-2)6-3/h7-14H,4-6,15-16H2,1-3H3,(H,22,24). The van der Waals surface area contributed by atoms with Gasteiger partial charge in [-0.25, -0.2) is 0 Å². The number of carbonyl (C=O) groups is 1. The highest BCUT2D eigenvalue weighted by atomic mass is 16.1. The van der Waals surface area contributed by atoms with E-state index in [2.05, 4.69) is 55.3 Å². The van der Waals surface area contributed by atoms with Crippen molar-refractivity contribution in [2.24, 2.45) is 0 Å². The van der Waals surface area contributed by atoms with Gasteiger partial charge in [0.05, 0.1) is 0 Å². The van der Waals surface area contributed by atoms with Gasteiger partial charge in [-0.1, -0.05) is 57.2 Å². The molecule has 2 aromatic carbocycles. The van der Waals surface area contributed by atoms with E-state index < -0.39 is 0 Å². The molecular weight excluding hydrogens is 296 g/mol. The molecule has 1 N–H and O–H groups in total. The predicted molar refractivity (Wildman–Crippen MR) is 100 cm³/mol. The van der Waals surface area contributed by atoms with Crippen LogP contribution in [-0.2, 0) is 19.5 Å². The Labute approximate surface area is 145 Å². The molecule has 0 aliphatic rings. The molecule has 0 radical (unpaired) electrons. The van der Waals surface area contributed by atoms with E-state index in [1.54, 1.807) is 0 Å². The smallest absolute Gasteiger partial charge is 0.251 e. The number of benzene rings is 2. The molecule has 0 unspecified atom stereocenters. The molecule has 0 bridgehead atoms. The quantitative estimate of drug-likeness (QED) is 0.795. The minimum absolute atomic E-state index is 0.0233. The summed E-state index contributed by atoms with van der Waals surface area (Å²) in [6, 6.07) is 16.3. The van der Waals surface area contributed by atoms with Crippen molar-refractivity contribution in [1.29, 1.82) is 0 Å². The first-order valence-electron chi connectivity index (χ1n) is 8.83. The molecule has 0 atom stereocenters. The molecule has 3 heteroatoms. The molecule has 0 aromatic heterocycles. The van der Waals surface area contributed by atoms with E-state index in [0.717, 1.165) is 31.6 Å². The van der Waals surface area contributed by atoms with Crippen molar-refractivity contribution in [3.8, 4) is 0 Å². The lowest BCUT2D eigenvalue weighted by Crippen LogP contribution is -2.23. The molecule has 0 heterocycles. The molecule has 3 nitrogen and oxygen atoms in total. The van der Waals surface area contributed by atoms with E-state index in [1.807, 2.05) is 24.3 Å². The molecule has 2 rings (SSSR count). The second-order valence-electron chi connectivity index (χ2n) is 6.01. The van der Waals surface area contributed by atoms with Gasteiger partial charge < -0.3 is 5.32 Å². The average molecular weight is 324 g/mol. The van der Waals surface area contributed by atoms with Crippen LogP contribution in [0.25, 0.3) is 0 Å². The van der Waals surface area contributed by atoms with Gasteiger partial charge in [0.1, 0.15) is 0 Å². The summed E-state index contributed by atoms with van der Waals surface area (Å²) in [4.78, 5) is 14.6. The molecule has 0 aliphatic heterocycles. The van der Waals surface area contributed by atoms with Crippen LogP contribution in [0.1, 0.15) is 47.8 Å². The van der Waals surface area contributed by atoms with Gasteiger partial charge in [0.15, 0.2) is 0 Å². The first kappa shape index (κ1) is 18.2. The van der Waals surface area contributed by atoms with Crippen LogP contribution < -0.4 is 5.32 Å². The van der Waals surface area contributed by atoms with Gasteiger partial charge in [-0.15, -0.1) is 0 Å². The van der Waals surface area contributed by atoms with Gasteiger partial charge in [0.25, 0.3) is 5.91 Å². The van der Waals surface area contributed by atoms with E-state index in [4.69, 9.17) is 0 Å². The molecular formula is C21H28N2O. The third kappa shape index (κ3) is 5.20. The summed E-state index contributed by atoms with van der Waals surface area (Å²) in [5, 5.41) is 2.99. The van der Waals surface area contributed by atoms with Gasteiger partial charge >= 0.3 is 0 Å². The third-order valence-corrected chi connectivity index (χ3v) is 4.40. The molecule has 0 saturated heterocycles. The highest BCUT2D eigenvalue weighted by Gasteiger charge is 2.05. The van der Waals surface area contributed by atoms with Gasteiger partial charge in [-0.3, -0.25) is 9.69 Å². The number of aryl methyl sites for hydroxylation is 1. The second kappa shape index (κ2) is 9.24. The normalized spacial score (nSPS) is 10.8. The topological polar surface area (TPSA) is 32.3 Å².